The maximum atomic E-state index is 4.39. The molecule has 3 nitrogen and oxygen atoms in total. The molecule has 0 amide bonds. The predicted octanol–water partition coefficient (Wildman–Crippen LogP) is 1.81. The largest absolute Gasteiger partial charge is 0.356 e. The van der Waals surface area contributed by atoms with Crippen LogP contribution in [0.2, 0.25) is 0 Å². The Morgan fingerprint density at radius 1 is 1.53 bits per heavy atom. The number of aromatic nitrogens is 1. The van der Waals surface area contributed by atoms with E-state index in [0.717, 1.165) is 25.5 Å². The van der Waals surface area contributed by atoms with Crippen molar-refractivity contribution in [1.29, 1.82) is 0 Å². The Hall–Kier alpha value is -1.35. The SMILES string of the molecule is C=CCN(C)c1ccc(CNCC)cn1. The van der Waals surface area contributed by atoms with Crippen LogP contribution in [0.4, 0.5) is 5.82 Å². The van der Waals surface area contributed by atoms with E-state index in [2.05, 4.69) is 34.8 Å². The molecule has 0 aliphatic carbocycles. The van der Waals surface area contributed by atoms with Crippen LogP contribution in [-0.4, -0.2) is 25.1 Å². The minimum absolute atomic E-state index is 0.819. The van der Waals surface area contributed by atoms with Crippen molar-refractivity contribution in [3.63, 3.8) is 0 Å². The molecule has 0 radical (unpaired) electrons. The van der Waals surface area contributed by atoms with Gasteiger partial charge in [0.25, 0.3) is 0 Å². The third-order valence-electron chi connectivity index (χ3n) is 2.18. The smallest absolute Gasteiger partial charge is 0.128 e. The van der Waals surface area contributed by atoms with Gasteiger partial charge in [0.15, 0.2) is 0 Å². The second-order valence-electron chi connectivity index (χ2n) is 3.47. The zero-order valence-electron chi connectivity index (χ0n) is 9.53. The molecular weight excluding hydrogens is 186 g/mol. The molecule has 0 aromatic carbocycles. The zero-order valence-corrected chi connectivity index (χ0v) is 9.53. The predicted molar refractivity (Wildman–Crippen MR) is 65.1 cm³/mol. The highest BCUT2D eigenvalue weighted by Crippen LogP contribution is 2.09. The van der Waals surface area contributed by atoms with Crippen molar-refractivity contribution < 1.29 is 0 Å². The number of anilines is 1. The molecule has 0 spiro atoms. The van der Waals surface area contributed by atoms with Gasteiger partial charge in [0.2, 0.25) is 0 Å². The summed E-state index contributed by atoms with van der Waals surface area (Å²) in [6.07, 6.45) is 3.78. The Morgan fingerprint density at radius 3 is 2.87 bits per heavy atom. The average Bonchev–Trinajstić information content (AvgIpc) is 2.27. The first-order valence-electron chi connectivity index (χ1n) is 5.25. The molecule has 0 aliphatic heterocycles. The lowest BCUT2D eigenvalue weighted by Crippen LogP contribution is -2.18. The molecule has 0 bridgehead atoms. The molecule has 0 fully saturated rings. The van der Waals surface area contributed by atoms with Crippen LogP contribution in [-0.2, 0) is 6.54 Å². The van der Waals surface area contributed by atoms with E-state index in [1.54, 1.807) is 0 Å². The van der Waals surface area contributed by atoms with Crippen molar-refractivity contribution in [1.82, 2.24) is 10.3 Å². The van der Waals surface area contributed by atoms with Gasteiger partial charge in [0.1, 0.15) is 5.82 Å². The molecule has 1 N–H and O–H groups in total. The van der Waals surface area contributed by atoms with Gasteiger partial charge in [0.05, 0.1) is 0 Å². The molecule has 0 unspecified atom stereocenters. The standard InChI is InChI=1S/C12H19N3/c1-4-8-15(3)12-7-6-11(10-14-12)9-13-5-2/h4,6-7,10,13H,1,5,8-9H2,2-3H3. The number of nitrogens with one attached hydrogen (secondary N) is 1. The number of hydrogen-bond donors (Lipinski definition) is 1. The van der Waals surface area contributed by atoms with Gasteiger partial charge in [-0.25, -0.2) is 4.98 Å². The Bertz CT molecular complexity index is 292. The summed E-state index contributed by atoms with van der Waals surface area (Å²) >= 11 is 0. The van der Waals surface area contributed by atoms with Crippen LogP contribution in [0.15, 0.2) is 31.0 Å². The van der Waals surface area contributed by atoms with Crippen molar-refractivity contribution >= 4 is 5.82 Å². The molecule has 1 aromatic rings. The van der Waals surface area contributed by atoms with Gasteiger partial charge < -0.3 is 10.2 Å². The second kappa shape index (κ2) is 6.19. The van der Waals surface area contributed by atoms with Crippen molar-refractivity contribution in [2.75, 3.05) is 25.0 Å². The third-order valence-corrected chi connectivity index (χ3v) is 2.18. The average molecular weight is 205 g/mol. The van der Waals surface area contributed by atoms with E-state index >= 15 is 0 Å². The lowest BCUT2D eigenvalue weighted by Gasteiger charge is -2.15. The number of likely N-dealkylation sites (N-methyl/N-ethyl adjacent to an activating group) is 1. The minimum Gasteiger partial charge on any atom is -0.356 e. The lowest BCUT2D eigenvalue weighted by atomic mass is 10.3. The summed E-state index contributed by atoms with van der Waals surface area (Å²) in [5.41, 5.74) is 1.22. The van der Waals surface area contributed by atoms with Crippen LogP contribution in [0.5, 0.6) is 0 Å². The van der Waals surface area contributed by atoms with Crippen LogP contribution in [0, 0.1) is 0 Å². The molecule has 15 heavy (non-hydrogen) atoms. The molecular formula is C12H19N3. The summed E-state index contributed by atoms with van der Waals surface area (Å²) in [5.74, 6) is 0.982. The molecule has 1 heterocycles. The quantitative estimate of drug-likeness (QED) is 0.718. The van der Waals surface area contributed by atoms with Gasteiger partial charge in [-0.2, -0.15) is 0 Å². The highest BCUT2D eigenvalue weighted by molar-refractivity contribution is 5.38. The highest BCUT2D eigenvalue weighted by Gasteiger charge is 1.99. The topological polar surface area (TPSA) is 28.2 Å². The molecule has 1 rings (SSSR count). The third kappa shape index (κ3) is 3.72. The fraction of sp³-hybridized carbons (Fsp3) is 0.417. The second-order valence-corrected chi connectivity index (χ2v) is 3.47. The van der Waals surface area contributed by atoms with Crippen LogP contribution in [0.1, 0.15) is 12.5 Å². The van der Waals surface area contributed by atoms with Crippen LogP contribution in [0.25, 0.3) is 0 Å². The minimum atomic E-state index is 0.819. The number of nitrogens with zero attached hydrogens (tertiary/aromatic N) is 2. The van der Waals surface area contributed by atoms with Gasteiger partial charge in [-0.3, -0.25) is 0 Å². The van der Waals surface area contributed by atoms with Crippen molar-refractivity contribution in [2.45, 2.75) is 13.5 Å². The summed E-state index contributed by atoms with van der Waals surface area (Å²) in [5, 5.41) is 3.27. The molecule has 0 aliphatic rings. The maximum absolute atomic E-state index is 4.39. The molecule has 82 valence electrons. The van der Waals surface area contributed by atoms with E-state index < -0.39 is 0 Å². The molecule has 0 saturated carbocycles. The maximum Gasteiger partial charge on any atom is 0.128 e. The zero-order chi connectivity index (χ0) is 11.1. The highest BCUT2D eigenvalue weighted by atomic mass is 15.1. The van der Waals surface area contributed by atoms with Crippen molar-refractivity contribution in [2.24, 2.45) is 0 Å². The van der Waals surface area contributed by atoms with Gasteiger partial charge >= 0.3 is 0 Å². The molecule has 0 atom stereocenters. The van der Waals surface area contributed by atoms with E-state index in [-0.39, 0.29) is 0 Å². The van der Waals surface area contributed by atoms with E-state index in [4.69, 9.17) is 0 Å². The van der Waals surface area contributed by atoms with E-state index in [0.29, 0.717) is 0 Å². The fourth-order valence-electron chi connectivity index (χ4n) is 1.30. The van der Waals surface area contributed by atoms with E-state index in [1.165, 1.54) is 5.56 Å². The molecule has 3 heteroatoms. The van der Waals surface area contributed by atoms with Crippen LogP contribution in [0.3, 0.4) is 0 Å². The normalized spacial score (nSPS) is 10.0. The number of hydrogen-bond acceptors (Lipinski definition) is 3. The van der Waals surface area contributed by atoms with E-state index in [1.807, 2.05) is 25.4 Å². The Kier molecular flexibility index (Phi) is 4.84. The van der Waals surface area contributed by atoms with Gasteiger partial charge in [-0.05, 0) is 18.2 Å². The van der Waals surface area contributed by atoms with Crippen LogP contribution >= 0.6 is 0 Å². The summed E-state index contributed by atoms with van der Waals surface area (Å²) in [6.45, 7) is 8.49. The van der Waals surface area contributed by atoms with Crippen molar-refractivity contribution in [3.8, 4) is 0 Å². The fourth-order valence-corrected chi connectivity index (χ4v) is 1.30. The monoisotopic (exact) mass is 205 g/mol. The lowest BCUT2D eigenvalue weighted by molar-refractivity contribution is 0.724. The first-order chi connectivity index (χ1) is 7.27. The number of pyridine rings is 1. The summed E-state index contributed by atoms with van der Waals surface area (Å²) in [7, 11) is 2.01. The van der Waals surface area contributed by atoms with Crippen LogP contribution < -0.4 is 10.2 Å². The first kappa shape index (κ1) is 11.7. The first-order valence-corrected chi connectivity index (χ1v) is 5.25. The number of rotatable bonds is 6. The Morgan fingerprint density at radius 2 is 2.33 bits per heavy atom. The Labute approximate surface area is 91.8 Å². The summed E-state index contributed by atoms with van der Waals surface area (Å²) < 4.78 is 0. The van der Waals surface area contributed by atoms with Gasteiger partial charge in [-0.1, -0.05) is 19.1 Å². The summed E-state index contributed by atoms with van der Waals surface area (Å²) in [4.78, 5) is 6.45. The molecule has 1 aromatic heterocycles. The Balaban J connectivity index is 2.59. The van der Waals surface area contributed by atoms with E-state index in [9.17, 15) is 0 Å². The summed E-state index contributed by atoms with van der Waals surface area (Å²) in [6, 6.07) is 4.14. The van der Waals surface area contributed by atoms with Gasteiger partial charge in [-0.15, -0.1) is 6.58 Å². The molecule has 0 saturated heterocycles. The van der Waals surface area contributed by atoms with Gasteiger partial charge in [0, 0.05) is 26.3 Å². The van der Waals surface area contributed by atoms with Crippen molar-refractivity contribution in [3.05, 3.63) is 36.5 Å².